The molecule has 0 aliphatic rings. The molecule has 0 atom stereocenters. The Morgan fingerprint density at radius 2 is 2.14 bits per heavy atom. The highest BCUT2D eigenvalue weighted by Gasteiger charge is 2.19. The molecule has 0 saturated heterocycles. The van der Waals surface area contributed by atoms with Crippen molar-refractivity contribution >= 4 is 5.97 Å². The number of hydrogen-bond donors (Lipinski definition) is 0. The molecule has 0 saturated carbocycles. The summed E-state index contributed by atoms with van der Waals surface area (Å²) in [5.41, 5.74) is 0. The molecule has 0 spiro atoms. The molecule has 5 nitrogen and oxygen atoms in total. The van der Waals surface area contributed by atoms with Crippen molar-refractivity contribution in [2.45, 2.75) is 32.6 Å². The van der Waals surface area contributed by atoms with Crippen LogP contribution in [0.25, 0.3) is 0 Å². The van der Waals surface area contributed by atoms with Crippen LogP contribution in [0.3, 0.4) is 0 Å². The van der Waals surface area contributed by atoms with Gasteiger partial charge in [0.2, 0.25) is 0 Å². The number of rotatable bonds is 4. The van der Waals surface area contributed by atoms with Gasteiger partial charge in [0.1, 0.15) is 0 Å². The van der Waals surface area contributed by atoms with E-state index in [-0.39, 0.29) is 11.8 Å². The van der Waals surface area contributed by atoms with E-state index in [2.05, 4.69) is 14.9 Å². The fourth-order valence-corrected chi connectivity index (χ4v) is 1.22. The summed E-state index contributed by atoms with van der Waals surface area (Å²) < 4.78 is 9.23. The largest absolute Gasteiger partial charge is 0.462 e. The highest BCUT2D eigenvalue weighted by Crippen LogP contribution is 2.19. The molecule has 0 fully saturated rings. The molecule has 0 radical (unpaired) electrons. The summed E-state index contributed by atoms with van der Waals surface area (Å²) in [4.78, 5) is 15.0. The van der Waals surface area contributed by atoms with Gasteiger partial charge in [-0.25, -0.2) is 4.79 Å². The van der Waals surface area contributed by atoms with Crippen LogP contribution in [0.2, 0.25) is 0 Å². The zero-order valence-corrected chi connectivity index (χ0v) is 8.61. The van der Waals surface area contributed by atoms with E-state index in [4.69, 9.17) is 4.52 Å². The van der Waals surface area contributed by atoms with Gasteiger partial charge < -0.3 is 9.26 Å². The third-order valence-corrected chi connectivity index (χ3v) is 2.15. The van der Waals surface area contributed by atoms with Crippen LogP contribution in [-0.2, 0) is 4.74 Å². The lowest BCUT2D eigenvalue weighted by molar-refractivity contribution is 0.0545. The molecule has 5 heteroatoms. The maximum absolute atomic E-state index is 11.0. The molecule has 0 bridgehead atoms. The van der Waals surface area contributed by atoms with Gasteiger partial charge in [0.25, 0.3) is 0 Å². The molecule has 1 aromatic rings. The lowest BCUT2D eigenvalue weighted by atomic mass is 10.0. The summed E-state index contributed by atoms with van der Waals surface area (Å²) in [5, 5.41) is 3.74. The second-order valence-corrected chi connectivity index (χ2v) is 2.96. The maximum Gasteiger partial charge on any atom is 0.397 e. The van der Waals surface area contributed by atoms with E-state index in [0.29, 0.717) is 5.82 Å². The fourth-order valence-electron chi connectivity index (χ4n) is 1.22. The third-order valence-electron chi connectivity index (χ3n) is 2.15. The first-order chi connectivity index (χ1) is 6.72. The summed E-state index contributed by atoms with van der Waals surface area (Å²) in [6, 6.07) is 0. The molecule has 0 unspecified atom stereocenters. The topological polar surface area (TPSA) is 65.2 Å². The number of carbonyl (C=O) groups excluding carboxylic acids is 1. The molecule has 0 N–H and O–H groups in total. The Hall–Kier alpha value is -1.39. The summed E-state index contributed by atoms with van der Waals surface area (Å²) in [5.74, 6) is 0.164. The van der Waals surface area contributed by atoms with Crippen LogP contribution in [0.1, 0.15) is 49.1 Å². The lowest BCUT2D eigenvalue weighted by Gasteiger charge is -2.04. The van der Waals surface area contributed by atoms with E-state index in [9.17, 15) is 4.79 Å². The zero-order chi connectivity index (χ0) is 10.6. The molecule has 78 valence electrons. The Labute approximate surface area is 82.4 Å². The minimum atomic E-state index is -0.588. The molecule has 0 aromatic carbocycles. The van der Waals surface area contributed by atoms with Crippen molar-refractivity contribution in [3.8, 4) is 0 Å². The standard InChI is InChI=1S/C9H14N2O3/c1-4-6(5-2)7-10-8(14-11-7)9(12)13-3/h6H,4-5H2,1-3H3. The summed E-state index contributed by atoms with van der Waals surface area (Å²) in [6.07, 6.45) is 1.85. The first kappa shape index (κ1) is 10.7. The minimum Gasteiger partial charge on any atom is -0.462 e. The molecule has 1 heterocycles. The molecule has 0 amide bonds. The average Bonchev–Trinajstić information content (AvgIpc) is 2.68. The lowest BCUT2D eigenvalue weighted by Crippen LogP contribution is -2.03. The third kappa shape index (κ3) is 2.10. The molecule has 0 aliphatic heterocycles. The fraction of sp³-hybridized carbons (Fsp3) is 0.667. The van der Waals surface area contributed by atoms with E-state index in [1.807, 2.05) is 13.8 Å². The van der Waals surface area contributed by atoms with E-state index in [0.717, 1.165) is 12.8 Å². The van der Waals surface area contributed by atoms with Gasteiger partial charge in [0.05, 0.1) is 7.11 Å². The number of ether oxygens (including phenoxy) is 1. The SMILES string of the molecule is CCC(CC)c1noc(C(=O)OC)n1. The summed E-state index contributed by atoms with van der Waals surface area (Å²) in [6.45, 7) is 4.09. The Bertz CT molecular complexity index is 305. The molecular formula is C9H14N2O3. The van der Waals surface area contributed by atoms with Crippen LogP contribution in [-0.4, -0.2) is 23.2 Å². The molecule has 1 rings (SSSR count). The van der Waals surface area contributed by atoms with Gasteiger partial charge in [-0.05, 0) is 12.8 Å². The van der Waals surface area contributed by atoms with Gasteiger partial charge in [-0.1, -0.05) is 19.0 Å². The average molecular weight is 198 g/mol. The van der Waals surface area contributed by atoms with Crippen molar-refractivity contribution in [3.05, 3.63) is 11.7 Å². The summed E-state index contributed by atoms with van der Waals surface area (Å²) >= 11 is 0. The predicted octanol–water partition coefficient (Wildman–Crippen LogP) is 1.76. The first-order valence-corrected chi connectivity index (χ1v) is 4.64. The first-order valence-electron chi connectivity index (χ1n) is 4.64. The quantitative estimate of drug-likeness (QED) is 0.689. The highest BCUT2D eigenvalue weighted by atomic mass is 16.6. The van der Waals surface area contributed by atoms with Crippen molar-refractivity contribution in [3.63, 3.8) is 0 Å². The molecular weight excluding hydrogens is 184 g/mol. The normalized spacial score (nSPS) is 10.6. The van der Waals surface area contributed by atoms with E-state index in [1.165, 1.54) is 7.11 Å². The maximum atomic E-state index is 11.0. The van der Waals surface area contributed by atoms with Crippen molar-refractivity contribution in [1.29, 1.82) is 0 Å². The number of carbonyl (C=O) groups is 1. The molecule has 0 aliphatic carbocycles. The number of esters is 1. The monoisotopic (exact) mass is 198 g/mol. The number of aromatic nitrogens is 2. The Balaban J connectivity index is 2.81. The van der Waals surface area contributed by atoms with Gasteiger partial charge >= 0.3 is 11.9 Å². The van der Waals surface area contributed by atoms with Crippen LogP contribution < -0.4 is 0 Å². The Morgan fingerprint density at radius 3 is 2.64 bits per heavy atom. The Morgan fingerprint density at radius 1 is 1.50 bits per heavy atom. The zero-order valence-electron chi connectivity index (χ0n) is 8.61. The second-order valence-electron chi connectivity index (χ2n) is 2.96. The number of hydrogen-bond acceptors (Lipinski definition) is 5. The van der Waals surface area contributed by atoms with E-state index >= 15 is 0 Å². The van der Waals surface area contributed by atoms with E-state index in [1.54, 1.807) is 0 Å². The highest BCUT2D eigenvalue weighted by molar-refractivity contribution is 5.83. The van der Waals surface area contributed by atoms with Crippen LogP contribution in [0.15, 0.2) is 4.52 Å². The van der Waals surface area contributed by atoms with Crippen LogP contribution >= 0.6 is 0 Å². The predicted molar refractivity (Wildman–Crippen MR) is 49.0 cm³/mol. The van der Waals surface area contributed by atoms with Crippen LogP contribution in [0.5, 0.6) is 0 Å². The Kier molecular flexibility index (Phi) is 3.62. The van der Waals surface area contributed by atoms with Gasteiger partial charge in [-0.15, -0.1) is 0 Å². The van der Waals surface area contributed by atoms with E-state index < -0.39 is 5.97 Å². The van der Waals surface area contributed by atoms with Crippen molar-refractivity contribution in [2.24, 2.45) is 0 Å². The molecule has 1 aromatic heterocycles. The second kappa shape index (κ2) is 4.74. The van der Waals surface area contributed by atoms with Gasteiger partial charge in [0.15, 0.2) is 5.82 Å². The van der Waals surface area contributed by atoms with Crippen molar-refractivity contribution in [2.75, 3.05) is 7.11 Å². The molecule has 14 heavy (non-hydrogen) atoms. The van der Waals surface area contributed by atoms with Gasteiger partial charge in [0, 0.05) is 5.92 Å². The summed E-state index contributed by atoms with van der Waals surface area (Å²) in [7, 11) is 1.28. The van der Waals surface area contributed by atoms with Crippen molar-refractivity contribution < 1.29 is 14.1 Å². The minimum absolute atomic E-state index is 0.0746. The number of nitrogens with zero attached hydrogens (tertiary/aromatic N) is 2. The van der Waals surface area contributed by atoms with Crippen molar-refractivity contribution in [1.82, 2.24) is 10.1 Å². The number of methoxy groups -OCH3 is 1. The van der Waals surface area contributed by atoms with Crippen LogP contribution in [0, 0.1) is 0 Å². The van der Waals surface area contributed by atoms with Crippen LogP contribution in [0.4, 0.5) is 0 Å². The smallest absolute Gasteiger partial charge is 0.397 e. The van der Waals surface area contributed by atoms with Gasteiger partial charge in [-0.2, -0.15) is 4.98 Å². The van der Waals surface area contributed by atoms with Gasteiger partial charge in [-0.3, -0.25) is 0 Å².